The number of benzene rings is 1. The molecule has 0 bridgehead atoms. The summed E-state index contributed by atoms with van der Waals surface area (Å²) in [5.41, 5.74) is 6.28. The molecule has 1 aromatic rings. The summed E-state index contributed by atoms with van der Waals surface area (Å²) in [6.07, 6.45) is 0. The fourth-order valence-electron chi connectivity index (χ4n) is 1.37. The zero-order valence-electron chi connectivity index (χ0n) is 7.89. The number of nitrogens with two attached hydrogens (primary N) is 1. The lowest BCUT2D eigenvalue weighted by molar-refractivity contribution is 0.865. The van der Waals surface area contributed by atoms with E-state index in [-0.39, 0.29) is 0 Å². The Morgan fingerprint density at radius 2 is 2.00 bits per heavy atom. The number of para-hydroxylation sites is 1. The predicted molar refractivity (Wildman–Crippen MR) is 53.1 cm³/mol. The van der Waals surface area contributed by atoms with Crippen molar-refractivity contribution in [3.8, 4) is 0 Å². The predicted octanol–water partition coefficient (Wildman–Crippen LogP) is 2.40. The van der Waals surface area contributed by atoms with E-state index < -0.39 is 0 Å². The standard InChI is InChI=1S/C10H16N2/c1-7(2)9-6-4-5-8(3)10(9)12-11/h4-7,12H,11H2,1-3H3. The number of hydrogen-bond donors (Lipinski definition) is 2. The Kier molecular flexibility index (Phi) is 2.71. The minimum absolute atomic E-state index is 0.510. The zero-order valence-corrected chi connectivity index (χ0v) is 7.89. The number of anilines is 1. The fourth-order valence-corrected chi connectivity index (χ4v) is 1.37. The van der Waals surface area contributed by atoms with Crippen molar-refractivity contribution in [2.45, 2.75) is 26.7 Å². The van der Waals surface area contributed by atoms with Crippen LogP contribution in [0.2, 0.25) is 0 Å². The lowest BCUT2D eigenvalue weighted by Gasteiger charge is -2.14. The highest BCUT2D eigenvalue weighted by Gasteiger charge is 2.06. The summed E-state index contributed by atoms with van der Waals surface area (Å²) in [5, 5.41) is 0. The molecule has 2 heteroatoms. The molecule has 0 aromatic heterocycles. The van der Waals surface area contributed by atoms with E-state index >= 15 is 0 Å². The van der Waals surface area contributed by atoms with Crippen molar-refractivity contribution in [2.75, 3.05) is 5.43 Å². The second-order valence-corrected chi connectivity index (χ2v) is 3.34. The molecule has 0 aliphatic rings. The van der Waals surface area contributed by atoms with Gasteiger partial charge in [-0.15, -0.1) is 0 Å². The number of nitrogen functional groups attached to an aromatic ring is 1. The average Bonchev–Trinajstić information content (AvgIpc) is 2.03. The highest BCUT2D eigenvalue weighted by atomic mass is 15.2. The van der Waals surface area contributed by atoms with E-state index in [0.717, 1.165) is 5.69 Å². The summed E-state index contributed by atoms with van der Waals surface area (Å²) in [5.74, 6) is 5.95. The molecule has 66 valence electrons. The maximum atomic E-state index is 5.44. The molecule has 0 fully saturated rings. The quantitative estimate of drug-likeness (QED) is 0.520. The molecule has 0 amide bonds. The van der Waals surface area contributed by atoms with E-state index in [9.17, 15) is 0 Å². The van der Waals surface area contributed by atoms with Crippen LogP contribution in [-0.4, -0.2) is 0 Å². The van der Waals surface area contributed by atoms with E-state index in [0.29, 0.717) is 5.92 Å². The minimum Gasteiger partial charge on any atom is -0.324 e. The Bertz CT molecular complexity index is 267. The van der Waals surface area contributed by atoms with Gasteiger partial charge in [-0.25, -0.2) is 0 Å². The zero-order chi connectivity index (χ0) is 9.14. The first-order valence-electron chi connectivity index (χ1n) is 4.23. The van der Waals surface area contributed by atoms with Gasteiger partial charge in [-0.05, 0) is 24.0 Å². The number of hydrogen-bond acceptors (Lipinski definition) is 2. The Balaban J connectivity index is 3.18. The van der Waals surface area contributed by atoms with Crippen LogP contribution in [0.15, 0.2) is 18.2 Å². The Labute approximate surface area is 73.8 Å². The summed E-state index contributed by atoms with van der Waals surface area (Å²) in [6.45, 7) is 6.38. The molecule has 2 nitrogen and oxygen atoms in total. The molecule has 0 saturated carbocycles. The van der Waals surface area contributed by atoms with Crippen molar-refractivity contribution in [1.29, 1.82) is 0 Å². The third-order valence-corrected chi connectivity index (χ3v) is 2.07. The third kappa shape index (κ3) is 1.59. The molecule has 0 aliphatic heterocycles. The lowest BCUT2D eigenvalue weighted by atomic mass is 9.99. The van der Waals surface area contributed by atoms with Gasteiger partial charge in [0.2, 0.25) is 0 Å². The van der Waals surface area contributed by atoms with Crippen LogP contribution in [-0.2, 0) is 0 Å². The number of rotatable bonds is 2. The summed E-state index contributed by atoms with van der Waals surface area (Å²) in [4.78, 5) is 0. The minimum atomic E-state index is 0.510. The number of aryl methyl sites for hydroxylation is 1. The maximum absolute atomic E-state index is 5.44. The van der Waals surface area contributed by atoms with Crippen LogP contribution in [0.3, 0.4) is 0 Å². The lowest BCUT2D eigenvalue weighted by Crippen LogP contribution is -2.11. The molecular formula is C10H16N2. The van der Waals surface area contributed by atoms with Gasteiger partial charge in [0.05, 0.1) is 5.69 Å². The van der Waals surface area contributed by atoms with Crippen LogP contribution in [0.4, 0.5) is 5.69 Å². The monoisotopic (exact) mass is 164 g/mol. The van der Waals surface area contributed by atoms with Gasteiger partial charge in [0, 0.05) is 0 Å². The SMILES string of the molecule is Cc1cccc(C(C)C)c1NN. The molecule has 0 unspecified atom stereocenters. The largest absolute Gasteiger partial charge is 0.324 e. The molecule has 3 N–H and O–H groups in total. The van der Waals surface area contributed by atoms with Crippen molar-refractivity contribution in [3.05, 3.63) is 29.3 Å². The smallest absolute Gasteiger partial charge is 0.0548 e. The van der Waals surface area contributed by atoms with Crippen LogP contribution >= 0.6 is 0 Å². The molecule has 0 heterocycles. The first-order valence-corrected chi connectivity index (χ1v) is 4.23. The molecular weight excluding hydrogens is 148 g/mol. The first-order chi connectivity index (χ1) is 5.66. The summed E-state index contributed by atoms with van der Waals surface area (Å²) in [6, 6.07) is 6.22. The maximum Gasteiger partial charge on any atom is 0.0548 e. The molecule has 1 rings (SSSR count). The summed E-state index contributed by atoms with van der Waals surface area (Å²) in [7, 11) is 0. The van der Waals surface area contributed by atoms with Crippen LogP contribution in [0, 0.1) is 6.92 Å². The van der Waals surface area contributed by atoms with Crippen LogP contribution in [0.5, 0.6) is 0 Å². The topological polar surface area (TPSA) is 38.0 Å². The van der Waals surface area contributed by atoms with Crippen molar-refractivity contribution < 1.29 is 0 Å². The van der Waals surface area contributed by atoms with E-state index in [4.69, 9.17) is 5.84 Å². The molecule has 0 atom stereocenters. The third-order valence-electron chi connectivity index (χ3n) is 2.07. The van der Waals surface area contributed by atoms with Gasteiger partial charge in [-0.1, -0.05) is 32.0 Å². The summed E-state index contributed by atoms with van der Waals surface area (Å²) >= 11 is 0. The Hall–Kier alpha value is -1.02. The van der Waals surface area contributed by atoms with E-state index in [1.54, 1.807) is 0 Å². The molecule has 0 spiro atoms. The van der Waals surface area contributed by atoms with Gasteiger partial charge in [-0.3, -0.25) is 5.84 Å². The highest BCUT2D eigenvalue weighted by Crippen LogP contribution is 2.26. The van der Waals surface area contributed by atoms with Gasteiger partial charge >= 0.3 is 0 Å². The van der Waals surface area contributed by atoms with Gasteiger partial charge in [0.25, 0.3) is 0 Å². The van der Waals surface area contributed by atoms with E-state index in [1.807, 2.05) is 0 Å². The average molecular weight is 164 g/mol. The Morgan fingerprint density at radius 3 is 2.42 bits per heavy atom. The second kappa shape index (κ2) is 3.59. The van der Waals surface area contributed by atoms with Crippen molar-refractivity contribution in [3.63, 3.8) is 0 Å². The number of hydrazine groups is 1. The molecule has 0 radical (unpaired) electrons. The van der Waals surface area contributed by atoms with Gasteiger partial charge < -0.3 is 5.43 Å². The van der Waals surface area contributed by atoms with Crippen LogP contribution < -0.4 is 11.3 Å². The van der Waals surface area contributed by atoms with E-state index in [1.165, 1.54) is 11.1 Å². The fraction of sp³-hybridized carbons (Fsp3) is 0.400. The second-order valence-electron chi connectivity index (χ2n) is 3.34. The van der Waals surface area contributed by atoms with Crippen LogP contribution in [0.25, 0.3) is 0 Å². The normalized spacial score (nSPS) is 10.4. The number of nitrogens with one attached hydrogen (secondary N) is 1. The Morgan fingerprint density at radius 1 is 1.33 bits per heavy atom. The molecule has 0 saturated heterocycles. The van der Waals surface area contributed by atoms with Crippen molar-refractivity contribution in [2.24, 2.45) is 5.84 Å². The highest BCUT2D eigenvalue weighted by molar-refractivity contribution is 5.57. The van der Waals surface area contributed by atoms with Gasteiger partial charge in [0.15, 0.2) is 0 Å². The first kappa shape index (κ1) is 9.07. The van der Waals surface area contributed by atoms with E-state index in [2.05, 4.69) is 44.4 Å². The molecule has 1 aromatic carbocycles. The van der Waals surface area contributed by atoms with Crippen molar-refractivity contribution in [1.82, 2.24) is 0 Å². The van der Waals surface area contributed by atoms with Gasteiger partial charge in [0.1, 0.15) is 0 Å². The van der Waals surface area contributed by atoms with Crippen molar-refractivity contribution >= 4 is 5.69 Å². The molecule has 12 heavy (non-hydrogen) atoms. The van der Waals surface area contributed by atoms with Crippen LogP contribution in [0.1, 0.15) is 30.9 Å². The molecule has 0 aliphatic carbocycles. The van der Waals surface area contributed by atoms with Gasteiger partial charge in [-0.2, -0.15) is 0 Å². The summed E-state index contributed by atoms with van der Waals surface area (Å²) < 4.78 is 0.